The highest BCUT2D eigenvalue weighted by Crippen LogP contribution is 2.23. The standard InChI is InChI=1S/C20H18ClN3O3S/c1-13-2-5-15(6-3-13)24-18(25)16-7-4-14(21)12-17(16)22-19(24)28-11-9-23-8-10-27-20(23)26/h2-7,12H,8-11H2,1H3. The lowest BCUT2D eigenvalue weighted by Gasteiger charge is -2.15. The molecule has 6 nitrogen and oxygen atoms in total. The van der Waals surface area contributed by atoms with E-state index in [0.717, 1.165) is 11.3 Å². The number of halogens is 1. The molecular weight excluding hydrogens is 398 g/mol. The highest BCUT2D eigenvalue weighted by Gasteiger charge is 2.22. The first-order chi connectivity index (χ1) is 13.5. The number of thioether (sulfide) groups is 1. The lowest BCUT2D eigenvalue weighted by molar-refractivity contribution is 0.160. The summed E-state index contributed by atoms with van der Waals surface area (Å²) in [6, 6.07) is 12.8. The summed E-state index contributed by atoms with van der Waals surface area (Å²) in [6.07, 6.45) is -0.297. The van der Waals surface area contributed by atoms with E-state index in [9.17, 15) is 9.59 Å². The van der Waals surface area contributed by atoms with Gasteiger partial charge in [0.05, 0.1) is 23.1 Å². The topological polar surface area (TPSA) is 64.4 Å². The van der Waals surface area contributed by atoms with Crippen molar-refractivity contribution in [1.29, 1.82) is 0 Å². The SMILES string of the molecule is Cc1ccc(-n2c(SCCN3CCOC3=O)nc3cc(Cl)ccc3c2=O)cc1. The van der Waals surface area contributed by atoms with E-state index in [1.54, 1.807) is 27.7 Å². The molecule has 2 heterocycles. The maximum Gasteiger partial charge on any atom is 0.409 e. The molecule has 0 bridgehead atoms. The molecule has 1 aromatic heterocycles. The van der Waals surface area contributed by atoms with Crippen molar-refractivity contribution < 1.29 is 9.53 Å². The molecule has 8 heteroatoms. The first-order valence-electron chi connectivity index (χ1n) is 8.87. The summed E-state index contributed by atoms with van der Waals surface area (Å²) < 4.78 is 6.57. The smallest absolute Gasteiger partial charge is 0.409 e. The van der Waals surface area contributed by atoms with Gasteiger partial charge in [0.15, 0.2) is 5.16 Å². The second-order valence-electron chi connectivity index (χ2n) is 6.48. The van der Waals surface area contributed by atoms with E-state index >= 15 is 0 Å². The monoisotopic (exact) mass is 415 g/mol. The van der Waals surface area contributed by atoms with Crippen LogP contribution in [0, 0.1) is 6.92 Å². The average molecular weight is 416 g/mol. The van der Waals surface area contributed by atoms with Crippen LogP contribution < -0.4 is 5.56 Å². The van der Waals surface area contributed by atoms with Gasteiger partial charge in [0.2, 0.25) is 0 Å². The van der Waals surface area contributed by atoms with Gasteiger partial charge in [-0.15, -0.1) is 0 Å². The van der Waals surface area contributed by atoms with Crippen LogP contribution in [0.15, 0.2) is 52.4 Å². The van der Waals surface area contributed by atoms with Gasteiger partial charge in [0, 0.05) is 17.3 Å². The molecule has 0 unspecified atom stereocenters. The number of cyclic esters (lactones) is 1. The van der Waals surface area contributed by atoms with Gasteiger partial charge in [-0.2, -0.15) is 0 Å². The molecule has 144 valence electrons. The number of fused-ring (bicyclic) bond motifs is 1. The summed E-state index contributed by atoms with van der Waals surface area (Å²) in [4.78, 5) is 31.1. The Labute approximate surface area is 171 Å². The number of rotatable bonds is 5. The number of amides is 1. The van der Waals surface area contributed by atoms with Gasteiger partial charge < -0.3 is 9.64 Å². The highest BCUT2D eigenvalue weighted by atomic mass is 35.5. The molecule has 1 fully saturated rings. The van der Waals surface area contributed by atoms with E-state index < -0.39 is 0 Å². The van der Waals surface area contributed by atoms with E-state index in [2.05, 4.69) is 4.98 Å². The molecule has 0 aliphatic carbocycles. The van der Waals surface area contributed by atoms with Crippen LogP contribution in [-0.2, 0) is 4.74 Å². The van der Waals surface area contributed by atoms with Crippen LogP contribution in [0.4, 0.5) is 4.79 Å². The number of carbonyl (C=O) groups excluding carboxylic acids is 1. The van der Waals surface area contributed by atoms with Gasteiger partial charge in [0.1, 0.15) is 6.61 Å². The zero-order valence-corrected chi connectivity index (χ0v) is 16.8. The maximum atomic E-state index is 13.2. The quantitative estimate of drug-likeness (QED) is 0.467. The molecule has 3 aromatic rings. The normalized spacial score (nSPS) is 13.9. The zero-order chi connectivity index (χ0) is 19.7. The van der Waals surface area contributed by atoms with Gasteiger partial charge in [-0.25, -0.2) is 9.78 Å². The van der Waals surface area contributed by atoms with Crippen molar-refractivity contribution in [3.63, 3.8) is 0 Å². The lowest BCUT2D eigenvalue weighted by atomic mass is 10.2. The molecule has 0 radical (unpaired) electrons. The van der Waals surface area contributed by atoms with Crippen molar-refractivity contribution >= 4 is 40.4 Å². The number of carbonyl (C=O) groups is 1. The van der Waals surface area contributed by atoms with Gasteiger partial charge in [-0.1, -0.05) is 41.1 Å². The Bertz CT molecular complexity index is 1100. The van der Waals surface area contributed by atoms with Gasteiger partial charge in [0.25, 0.3) is 5.56 Å². The van der Waals surface area contributed by atoms with E-state index in [1.807, 2.05) is 31.2 Å². The summed E-state index contributed by atoms with van der Waals surface area (Å²) in [6.45, 7) is 3.54. The number of benzene rings is 2. The van der Waals surface area contributed by atoms with E-state index in [0.29, 0.717) is 46.5 Å². The molecular formula is C20H18ClN3O3S. The zero-order valence-electron chi connectivity index (χ0n) is 15.2. The fraction of sp³-hybridized carbons (Fsp3) is 0.250. The Morgan fingerprint density at radius 3 is 2.68 bits per heavy atom. The van der Waals surface area contributed by atoms with Crippen LogP contribution in [0.1, 0.15) is 5.56 Å². The van der Waals surface area contributed by atoms with Crippen molar-refractivity contribution in [2.45, 2.75) is 12.1 Å². The number of hydrogen-bond acceptors (Lipinski definition) is 5. The van der Waals surface area contributed by atoms with Crippen LogP contribution in [-0.4, -0.2) is 46.0 Å². The fourth-order valence-electron chi connectivity index (χ4n) is 3.03. The lowest BCUT2D eigenvalue weighted by Crippen LogP contribution is -2.27. The van der Waals surface area contributed by atoms with Gasteiger partial charge in [-0.3, -0.25) is 9.36 Å². The van der Waals surface area contributed by atoms with Crippen LogP contribution in [0.5, 0.6) is 0 Å². The van der Waals surface area contributed by atoms with Crippen LogP contribution in [0.2, 0.25) is 5.02 Å². The van der Waals surface area contributed by atoms with Crippen LogP contribution in [0.3, 0.4) is 0 Å². The van der Waals surface area contributed by atoms with Crippen molar-refractivity contribution in [3.05, 3.63) is 63.4 Å². The van der Waals surface area contributed by atoms with Crippen molar-refractivity contribution in [2.75, 3.05) is 25.4 Å². The van der Waals surface area contributed by atoms with Crippen LogP contribution in [0.25, 0.3) is 16.6 Å². The number of aryl methyl sites for hydroxylation is 1. The summed E-state index contributed by atoms with van der Waals surface area (Å²) in [5.41, 5.74) is 2.28. The second kappa shape index (κ2) is 7.85. The summed E-state index contributed by atoms with van der Waals surface area (Å²) >= 11 is 7.52. The molecule has 0 atom stereocenters. The molecule has 4 rings (SSSR count). The second-order valence-corrected chi connectivity index (χ2v) is 7.98. The Hall–Kier alpha value is -2.51. The predicted octanol–water partition coefficient (Wildman–Crippen LogP) is 3.89. The van der Waals surface area contributed by atoms with Crippen molar-refractivity contribution in [2.24, 2.45) is 0 Å². The maximum absolute atomic E-state index is 13.2. The minimum Gasteiger partial charge on any atom is -0.448 e. The van der Waals surface area contributed by atoms with Crippen molar-refractivity contribution in [1.82, 2.24) is 14.5 Å². The minimum atomic E-state index is -0.297. The van der Waals surface area contributed by atoms with Crippen LogP contribution >= 0.6 is 23.4 Å². The Balaban J connectivity index is 1.73. The molecule has 28 heavy (non-hydrogen) atoms. The minimum absolute atomic E-state index is 0.145. The van der Waals surface area contributed by atoms with E-state index in [1.165, 1.54) is 11.8 Å². The average Bonchev–Trinajstić information content (AvgIpc) is 3.08. The summed E-state index contributed by atoms with van der Waals surface area (Å²) in [5.74, 6) is 0.597. The number of aromatic nitrogens is 2. The third kappa shape index (κ3) is 3.72. The molecule has 0 saturated carbocycles. The summed E-state index contributed by atoms with van der Waals surface area (Å²) in [7, 11) is 0. The fourth-order valence-corrected chi connectivity index (χ4v) is 4.17. The molecule has 1 aliphatic heterocycles. The third-order valence-corrected chi connectivity index (χ3v) is 5.68. The number of nitrogens with zero attached hydrogens (tertiary/aromatic N) is 3. The molecule has 1 amide bonds. The molecule has 0 spiro atoms. The van der Waals surface area contributed by atoms with Gasteiger partial charge >= 0.3 is 6.09 Å². The molecule has 1 aliphatic rings. The third-order valence-electron chi connectivity index (χ3n) is 4.53. The Kier molecular flexibility index (Phi) is 5.28. The number of ether oxygens (including phenoxy) is 1. The molecule has 1 saturated heterocycles. The predicted molar refractivity (Wildman–Crippen MR) is 111 cm³/mol. The first kappa shape index (κ1) is 18.8. The Morgan fingerprint density at radius 1 is 1.18 bits per heavy atom. The Morgan fingerprint density at radius 2 is 1.96 bits per heavy atom. The largest absolute Gasteiger partial charge is 0.448 e. The highest BCUT2D eigenvalue weighted by molar-refractivity contribution is 7.99. The molecule has 0 N–H and O–H groups in total. The van der Waals surface area contributed by atoms with Crippen molar-refractivity contribution in [3.8, 4) is 5.69 Å². The number of hydrogen-bond donors (Lipinski definition) is 0. The van der Waals surface area contributed by atoms with E-state index in [4.69, 9.17) is 16.3 Å². The van der Waals surface area contributed by atoms with E-state index in [-0.39, 0.29) is 11.7 Å². The first-order valence-corrected chi connectivity index (χ1v) is 10.2. The molecule has 2 aromatic carbocycles. The van der Waals surface area contributed by atoms with Gasteiger partial charge in [-0.05, 0) is 37.3 Å². The summed E-state index contributed by atoms with van der Waals surface area (Å²) in [5, 5.41) is 1.61.